The summed E-state index contributed by atoms with van der Waals surface area (Å²) in [6, 6.07) is 18.2. The van der Waals surface area contributed by atoms with Crippen molar-refractivity contribution in [2.24, 2.45) is 0 Å². The zero-order chi connectivity index (χ0) is 33.3. The van der Waals surface area contributed by atoms with Gasteiger partial charge in [0.1, 0.15) is 11.3 Å². The number of carbonyl (C=O) groups excluding carboxylic acids is 1. The molecule has 7 nitrogen and oxygen atoms in total. The first-order valence-electron chi connectivity index (χ1n) is 17.3. The number of hydrogen-bond donors (Lipinski definition) is 3. The maximum atomic E-state index is 14.4. The molecule has 5 rings (SSSR count). The van der Waals surface area contributed by atoms with Crippen molar-refractivity contribution >= 4 is 28.4 Å². The summed E-state index contributed by atoms with van der Waals surface area (Å²) in [7, 11) is 0. The number of para-hydroxylation sites is 1. The van der Waals surface area contributed by atoms with Crippen molar-refractivity contribution in [3.05, 3.63) is 87.8 Å². The Balaban J connectivity index is 1.58. The van der Waals surface area contributed by atoms with E-state index in [1.807, 2.05) is 36.4 Å². The van der Waals surface area contributed by atoms with Crippen molar-refractivity contribution in [2.75, 3.05) is 23.3 Å². The van der Waals surface area contributed by atoms with Crippen LogP contribution in [0.25, 0.3) is 22.2 Å². The second-order valence-corrected chi connectivity index (χ2v) is 13.2. The van der Waals surface area contributed by atoms with Crippen LogP contribution in [0.1, 0.15) is 108 Å². The largest absolute Gasteiger partial charge is 0.326 e. The summed E-state index contributed by atoms with van der Waals surface area (Å²) in [5.41, 5.74) is 5.75. The van der Waals surface area contributed by atoms with Crippen molar-refractivity contribution in [3.63, 3.8) is 0 Å². The molecule has 2 amide bonds. The third-order valence-electron chi connectivity index (χ3n) is 9.08. The summed E-state index contributed by atoms with van der Waals surface area (Å²) < 4.78 is 0. The highest BCUT2D eigenvalue weighted by Crippen LogP contribution is 2.36. The predicted molar refractivity (Wildman–Crippen MR) is 195 cm³/mol. The molecule has 4 aromatic rings. The van der Waals surface area contributed by atoms with Crippen LogP contribution in [0.3, 0.4) is 0 Å². The van der Waals surface area contributed by atoms with E-state index < -0.39 is 0 Å². The number of H-pyrrole nitrogens is 1. The van der Waals surface area contributed by atoms with Gasteiger partial charge in [-0.15, -0.1) is 0 Å². The summed E-state index contributed by atoms with van der Waals surface area (Å²) in [6.45, 7) is 11.6. The number of unbranched alkanes of at least 4 members (excludes halogenated alkanes) is 1. The fourth-order valence-electron chi connectivity index (χ4n) is 6.57. The normalized spacial score (nSPS) is 13.5. The Bertz CT molecular complexity index is 1780. The number of hydrogen-bond acceptors (Lipinski definition) is 4. The van der Waals surface area contributed by atoms with Crippen LogP contribution in [0.15, 0.2) is 65.6 Å². The van der Waals surface area contributed by atoms with Gasteiger partial charge < -0.3 is 15.6 Å². The number of nitrogens with zero attached hydrogens (tertiary/aromatic N) is 2. The van der Waals surface area contributed by atoms with E-state index in [9.17, 15) is 9.59 Å². The molecule has 47 heavy (non-hydrogen) atoms. The highest BCUT2D eigenvalue weighted by molar-refractivity contribution is 6.09. The van der Waals surface area contributed by atoms with Crippen molar-refractivity contribution in [3.8, 4) is 23.0 Å². The van der Waals surface area contributed by atoms with E-state index >= 15 is 0 Å². The number of aromatic amines is 1. The lowest BCUT2D eigenvalue weighted by Crippen LogP contribution is -2.40. The number of pyridine rings is 2. The minimum atomic E-state index is -0.355. The Labute approximate surface area is 279 Å². The van der Waals surface area contributed by atoms with Crippen LogP contribution < -0.4 is 21.1 Å². The van der Waals surface area contributed by atoms with Crippen molar-refractivity contribution in [1.29, 1.82) is 0 Å². The molecule has 7 heteroatoms. The third-order valence-corrected chi connectivity index (χ3v) is 9.08. The van der Waals surface area contributed by atoms with Gasteiger partial charge in [-0.2, -0.15) is 0 Å². The average molecular weight is 632 g/mol. The van der Waals surface area contributed by atoms with Gasteiger partial charge in [-0.05, 0) is 72.1 Å². The fourth-order valence-corrected chi connectivity index (χ4v) is 6.57. The van der Waals surface area contributed by atoms with E-state index in [2.05, 4.69) is 85.3 Å². The number of nitrogens with one attached hydrogen (secondary N) is 3. The molecular weight excluding hydrogens is 582 g/mol. The zero-order valence-corrected chi connectivity index (χ0v) is 28.6. The zero-order valence-electron chi connectivity index (χ0n) is 28.6. The smallest absolute Gasteiger partial charge is 0.307 e. The van der Waals surface area contributed by atoms with Crippen LogP contribution in [-0.2, 0) is 0 Å². The minimum absolute atomic E-state index is 0.209. The standard InChI is InChI=1S/C40H49N5O2/c1-6-7-25-45(40(47)43-36-32(27(2)3)20-12-21-33(36)28(4)5)37-35(34-22-14-24-42-38(34)44-39(37)46)30-17-11-15-29(26-30)16-13-23-41-31-18-9-8-10-19-31/h11-12,14-15,17,20-22,24,26-28,31,41H,6-10,18-19,23,25H2,1-5H3,(H,43,47)(H,42,44,46). The van der Waals surface area contributed by atoms with E-state index in [0.29, 0.717) is 36.0 Å². The quantitative estimate of drug-likeness (QED) is 0.152. The Morgan fingerprint density at radius 3 is 2.43 bits per heavy atom. The van der Waals surface area contributed by atoms with Gasteiger partial charge in [0.25, 0.3) is 5.56 Å². The molecule has 0 radical (unpaired) electrons. The van der Waals surface area contributed by atoms with E-state index in [1.54, 1.807) is 11.1 Å². The number of fused-ring (bicyclic) bond motifs is 1. The molecule has 3 N–H and O–H groups in total. The molecule has 0 aliphatic heterocycles. The van der Waals surface area contributed by atoms with Gasteiger partial charge >= 0.3 is 6.03 Å². The number of rotatable bonds is 10. The molecule has 2 aromatic heterocycles. The molecule has 246 valence electrons. The van der Waals surface area contributed by atoms with Gasteiger partial charge in [-0.1, -0.05) is 102 Å². The van der Waals surface area contributed by atoms with Gasteiger partial charge in [0.2, 0.25) is 0 Å². The number of aromatic nitrogens is 2. The summed E-state index contributed by atoms with van der Waals surface area (Å²) in [6.07, 6.45) is 9.59. The Kier molecular flexibility index (Phi) is 11.5. The van der Waals surface area contributed by atoms with Crippen molar-refractivity contribution in [1.82, 2.24) is 15.3 Å². The van der Waals surface area contributed by atoms with Crippen LogP contribution in [0.2, 0.25) is 0 Å². The SMILES string of the molecule is CCCCN(C(=O)Nc1c(C(C)C)cccc1C(C)C)c1c(-c2cccc(C#CCNC3CCCCC3)c2)c2cccnc2[nH]c1=O. The second kappa shape index (κ2) is 15.9. The van der Waals surface area contributed by atoms with E-state index in [1.165, 1.54) is 32.1 Å². The van der Waals surface area contributed by atoms with E-state index in [0.717, 1.165) is 46.2 Å². The van der Waals surface area contributed by atoms with Gasteiger partial charge in [0.05, 0.1) is 6.54 Å². The van der Waals surface area contributed by atoms with Gasteiger partial charge in [0.15, 0.2) is 0 Å². The summed E-state index contributed by atoms with van der Waals surface area (Å²) in [5.74, 6) is 7.04. The van der Waals surface area contributed by atoms with Crippen LogP contribution in [0.5, 0.6) is 0 Å². The number of amides is 2. The third kappa shape index (κ3) is 8.12. The lowest BCUT2D eigenvalue weighted by atomic mass is 9.92. The molecule has 1 aliphatic rings. The molecule has 1 saturated carbocycles. The van der Waals surface area contributed by atoms with Crippen molar-refractivity contribution < 1.29 is 4.79 Å². The number of urea groups is 1. The number of benzene rings is 2. The summed E-state index contributed by atoms with van der Waals surface area (Å²) in [4.78, 5) is 37.5. The average Bonchev–Trinajstić information content (AvgIpc) is 3.07. The maximum Gasteiger partial charge on any atom is 0.326 e. The monoisotopic (exact) mass is 631 g/mol. The Hall–Kier alpha value is -4.41. The summed E-state index contributed by atoms with van der Waals surface area (Å²) in [5, 5.41) is 7.62. The van der Waals surface area contributed by atoms with E-state index in [4.69, 9.17) is 0 Å². The van der Waals surface area contributed by atoms with Crippen LogP contribution in [0, 0.1) is 11.8 Å². The van der Waals surface area contributed by atoms with Gasteiger partial charge in [0, 0.05) is 41.0 Å². The molecule has 0 unspecified atom stereocenters. The lowest BCUT2D eigenvalue weighted by Gasteiger charge is -2.27. The highest BCUT2D eigenvalue weighted by atomic mass is 16.2. The van der Waals surface area contributed by atoms with E-state index in [-0.39, 0.29) is 23.4 Å². The molecule has 2 heterocycles. The molecule has 1 fully saturated rings. The minimum Gasteiger partial charge on any atom is -0.307 e. The topological polar surface area (TPSA) is 90.1 Å². The molecule has 1 aliphatic carbocycles. The van der Waals surface area contributed by atoms with Crippen molar-refractivity contribution in [2.45, 2.75) is 97.4 Å². The first kappa shape index (κ1) is 33.9. The molecule has 0 saturated heterocycles. The number of anilines is 2. The molecule has 0 spiro atoms. The van der Waals surface area contributed by atoms with Crippen LogP contribution in [-0.4, -0.2) is 35.1 Å². The van der Waals surface area contributed by atoms with Crippen LogP contribution in [0.4, 0.5) is 16.2 Å². The molecule has 2 aromatic carbocycles. The Morgan fingerprint density at radius 2 is 1.72 bits per heavy atom. The van der Waals surface area contributed by atoms with Crippen LogP contribution >= 0.6 is 0 Å². The Morgan fingerprint density at radius 1 is 1.00 bits per heavy atom. The fraction of sp³-hybridized carbons (Fsp3) is 0.425. The lowest BCUT2D eigenvalue weighted by molar-refractivity contribution is 0.256. The van der Waals surface area contributed by atoms with Gasteiger partial charge in [-0.3, -0.25) is 9.69 Å². The molecule has 0 bridgehead atoms. The van der Waals surface area contributed by atoms with Gasteiger partial charge in [-0.25, -0.2) is 9.78 Å². The second-order valence-electron chi connectivity index (χ2n) is 13.2. The maximum absolute atomic E-state index is 14.4. The molecule has 0 atom stereocenters. The summed E-state index contributed by atoms with van der Waals surface area (Å²) >= 11 is 0. The molecular formula is C40H49N5O2. The highest BCUT2D eigenvalue weighted by Gasteiger charge is 2.27. The first-order valence-corrected chi connectivity index (χ1v) is 17.3. The number of carbonyl (C=O) groups is 1. The first-order chi connectivity index (χ1) is 22.8. The predicted octanol–water partition coefficient (Wildman–Crippen LogP) is 8.95.